The molecule has 200 valence electrons. The Morgan fingerprint density at radius 3 is 2.12 bits per heavy atom. The Balaban J connectivity index is 1.54. The van der Waals surface area contributed by atoms with Crippen LogP contribution in [-0.4, -0.2) is 34.4 Å². The molecule has 1 saturated heterocycles. The molecule has 3 aliphatic rings. The molecular formula is C33H21BrN2O5. The maximum Gasteiger partial charge on any atom is 0.269 e. The lowest BCUT2D eigenvalue weighted by molar-refractivity contribution is -0.384. The summed E-state index contributed by atoms with van der Waals surface area (Å²) in [5.41, 5.74) is 1.42. The van der Waals surface area contributed by atoms with Gasteiger partial charge in [-0.1, -0.05) is 94.8 Å². The molecule has 41 heavy (non-hydrogen) atoms. The van der Waals surface area contributed by atoms with Gasteiger partial charge < -0.3 is 4.90 Å². The average molecular weight is 605 g/mol. The average Bonchev–Trinajstić information content (AvgIpc) is 3.43. The fraction of sp³-hybridized carbons (Fsp3) is 0.121. The normalized spacial score (nSPS) is 21.5. The van der Waals surface area contributed by atoms with E-state index in [1.54, 1.807) is 60.7 Å². The number of nitro groups is 1. The quantitative estimate of drug-likeness (QED) is 0.112. The van der Waals surface area contributed by atoms with E-state index in [0.717, 1.165) is 15.7 Å². The summed E-state index contributed by atoms with van der Waals surface area (Å²) in [7, 11) is 0. The van der Waals surface area contributed by atoms with E-state index in [0.29, 0.717) is 22.3 Å². The maximum absolute atomic E-state index is 14.6. The second-order valence-corrected chi connectivity index (χ2v) is 11.4. The van der Waals surface area contributed by atoms with Gasteiger partial charge in [0.05, 0.1) is 11.0 Å². The fourth-order valence-corrected chi connectivity index (χ4v) is 7.28. The van der Waals surface area contributed by atoms with Crippen molar-refractivity contribution in [2.45, 2.75) is 18.0 Å². The Bertz CT molecular complexity index is 1780. The summed E-state index contributed by atoms with van der Waals surface area (Å²) in [6.07, 6.45) is 3.75. The smallest absolute Gasteiger partial charge is 0.269 e. The second kappa shape index (κ2) is 9.17. The van der Waals surface area contributed by atoms with Crippen molar-refractivity contribution in [1.29, 1.82) is 0 Å². The van der Waals surface area contributed by atoms with Crippen LogP contribution in [0.3, 0.4) is 0 Å². The minimum Gasteiger partial charge on any atom is -0.352 e. The topological polar surface area (TPSA) is 97.6 Å². The van der Waals surface area contributed by atoms with Gasteiger partial charge in [-0.25, -0.2) is 0 Å². The molecule has 7 nitrogen and oxygen atoms in total. The number of hydrogen-bond acceptors (Lipinski definition) is 6. The number of rotatable bonds is 4. The van der Waals surface area contributed by atoms with Gasteiger partial charge in [0.1, 0.15) is 11.5 Å². The van der Waals surface area contributed by atoms with Crippen LogP contribution in [0.2, 0.25) is 0 Å². The van der Waals surface area contributed by atoms with Crippen molar-refractivity contribution in [3.63, 3.8) is 0 Å². The van der Waals surface area contributed by atoms with Crippen molar-refractivity contribution < 1.29 is 19.3 Å². The van der Waals surface area contributed by atoms with E-state index in [1.165, 1.54) is 12.1 Å². The van der Waals surface area contributed by atoms with Crippen LogP contribution in [0, 0.1) is 15.5 Å². The molecule has 8 heteroatoms. The third kappa shape index (κ3) is 3.47. The molecule has 0 bridgehead atoms. The Morgan fingerprint density at radius 2 is 1.49 bits per heavy atom. The van der Waals surface area contributed by atoms with E-state index in [4.69, 9.17) is 0 Å². The van der Waals surface area contributed by atoms with Gasteiger partial charge in [0.15, 0.2) is 17.3 Å². The number of hydrogen-bond donors (Lipinski definition) is 0. The van der Waals surface area contributed by atoms with Gasteiger partial charge >= 0.3 is 0 Å². The third-order valence-electron chi connectivity index (χ3n) is 8.56. The number of anilines is 1. The molecule has 4 aromatic carbocycles. The molecule has 2 heterocycles. The predicted octanol–water partition coefficient (Wildman–Crippen LogP) is 6.67. The monoisotopic (exact) mass is 604 g/mol. The van der Waals surface area contributed by atoms with E-state index in [-0.39, 0.29) is 23.0 Å². The zero-order valence-corrected chi connectivity index (χ0v) is 23.0. The van der Waals surface area contributed by atoms with Gasteiger partial charge in [0.2, 0.25) is 0 Å². The first kappa shape index (κ1) is 25.3. The molecule has 7 rings (SSSR count). The molecule has 1 spiro atoms. The lowest BCUT2D eigenvalue weighted by Crippen LogP contribution is -2.48. The van der Waals surface area contributed by atoms with Crippen LogP contribution < -0.4 is 4.90 Å². The molecule has 4 aromatic rings. The summed E-state index contributed by atoms with van der Waals surface area (Å²) >= 11 is 3.53. The molecule has 0 N–H and O–H groups in total. The highest BCUT2D eigenvalue weighted by molar-refractivity contribution is 9.10. The van der Waals surface area contributed by atoms with Crippen LogP contribution in [0.15, 0.2) is 108 Å². The van der Waals surface area contributed by atoms with Gasteiger partial charge in [-0.15, -0.1) is 0 Å². The Kier molecular flexibility index (Phi) is 5.66. The van der Waals surface area contributed by atoms with Crippen molar-refractivity contribution in [1.82, 2.24) is 0 Å². The highest BCUT2D eigenvalue weighted by atomic mass is 79.9. The van der Waals surface area contributed by atoms with Gasteiger partial charge in [-0.05, 0) is 29.3 Å². The lowest BCUT2D eigenvalue weighted by Gasteiger charge is -2.37. The van der Waals surface area contributed by atoms with E-state index in [9.17, 15) is 24.5 Å². The van der Waals surface area contributed by atoms with E-state index in [2.05, 4.69) is 15.9 Å². The summed E-state index contributed by atoms with van der Waals surface area (Å²) in [4.78, 5) is 56.7. The van der Waals surface area contributed by atoms with Gasteiger partial charge in [-0.3, -0.25) is 24.5 Å². The van der Waals surface area contributed by atoms with Crippen LogP contribution >= 0.6 is 15.9 Å². The summed E-state index contributed by atoms with van der Waals surface area (Å²) in [5, 5.41) is 11.5. The molecule has 3 atom stereocenters. The highest BCUT2D eigenvalue weighted by Crippen LogP contribution is 2.61. The number of Topliss-reactive ketones (excluding diaryl/α,β-unsaturated/α-hetero) is 3. The number of nitro benzene ring substituents is 1. The minimum absolute atomic E-state index is 0.119. The number of nitrogens with zero attached hydrogens (tertiary/aromatic N) is 2. The standard InChI is InChI=1S/C33H21BrN2O5/c34-22-13-16-26-21(18-22)12-17-27-33(31(38)24-8-4-5-9-25(24)32(33)39)28(19-10-14-23(15-11-19)36(40)41)29(35(26)27)30(37)20-6-2-1-3-7-20/h1-18,27-29H. The predicted molar refractivity (Wildman–Crippen MR) is 157 cm³/mol. The molecular weight excluding hydrogens is 584 g/mol. The number of ketones is 3. The summed E-state index contributed by atoms with van der Waals surface area (Å²) in [5.74, 6) is -1.85. The molecule has 0 radical (unpaired) electrons. The molecule has 2 aliphatic heterocycles. The van der Waals surface area contributed by atoms with E-state index >= 15 is 0 Å². The van der Waals surface area contributed by atoms with Crippen molar-refractivity contribution >= 4 is 50.7 Å². The molecule has 0 saturated carbocycles. The van der Waals surface area contributed by atoms with Crippen LogP contribution in [0.25, 0.3) is 6.08 Å². The Morgan fingerprint density at radius 1 is 0.854 bits per heavy atom. The number of halogens is 1. The first-order chi connectivity index (χ1) is 19.8. The Hall–Kier alpha value is -4.69. The van der Waals surface area contributed by atoms with Crippen molar-refractivity contribution in [3.05, 3.63) is 146 Å². The van der Waals surface area contributed by atoms with Crippen LogP contribution in [0.5, 0.6) is 0 Å². The zero-order valence-electron chi connectivity index (χ0n) is 21.4. The first-order valence-corrected chi connectivity index (χ1v) is 13.9. The SMILES string of the molecule is O=C(c1ccccc1)C1C(c2ccc([N+](=O)[O-])cc2)C2(C(=O)c3ccccc3C2=O)C2C=Cc3cc(Br)ccc3N12. The summed E-state index contributed by atoms with van der Waals surface area (Å²) in [6, 6.07) is 25.5. The maximum atomic E-state index is 14.6. The van der Waals surface area contributed by atoms with Crippen LogP contribution in [0.4, 0.5) is 11.4 Å². The molecule has 3 unspecified atom stereocenters. The van der Waals surface area contributed by atoms with Crippen LogP contribution in [0.1, 0.15) is 48.1 Å². The fourth-order valence-electron chi connectivity index (χ4n) is 6.90. The molecule has 1 fully saturated rings. The summed E-state index contributed by atoms with van der Waals surface area (Å²) in [6.45, 7) is 0. The number of non-ortho nitro benzene ring substituents is 1. The summed E-state index contributed by atoms with van der Waals surface area (Å²) < 4.78 is 0.853. The number of carbonyl (C=O) groups excluding carboxylic acids is 3. The Labute approximate surface area is 243 Å². The van der Waals surface area contributed by atoms with Crippen molar-refractivity contribution in [2.24, 2.45) is 5.41 Å². The van der Waals surface area contributed by atoms with Gasteiger partial charge in [-0.2, -0.15) is 0 Å². The second-order valence-electron chi connectivity index (χ2n) is 10.5. The van der Waals surface area contributed by atoms with Gasteiger partial charge in [0, 0.05) is 44.9 Å². The van der Waals surface area contributed by atoms with Crippen molar-refractivity contribution in [3.8, 4) is 0 Å². The number of carbonyl (C=O) groups is 3. The molecule has 0 amide bonds. The number of benzene rings is 4. The van der Waals surface area contributed by atoms with Crippen LogP contribution in [-0.2, 0) is 0 Å². The lowest BCUT2D eigenvalue weighted by atomic mass is 9.64. The van der Waals surface area contributed by atoms with E-state index < -0.39 is 28.3 Å². The van der Waals surface area contributed by atoms with Crippen molar-refractivity contribution in [2.75, 3.05) is 4.90 Å². The molecule has 1 aliphatic carbocycles. The first-order valence-electron chi connectivity index (χ1n) is 13.1. The van der Waals surface area contributed by atoms with Gasteiger partial charge in [0.25, 0.3) is 5.69 Å². The largest absolute Gasteiger partial charge is 0.352 e. The zero-order chi connectivity index (χ0) is 28.5. The third-order valence-corrected chi connectivity index (χ3v) is 9.05. The van der Waals surface area contributed by atoms with E-state index in [1.807, 2.05) is 41.3 Å². The highest BCUT2D eigenvalue weighted by Gasteiger charge is 2.71. The number of fused-ring (bicyclic) bond motifs is 5. The molecule has 0 aromatic heterocycles. The minimum atomic E-state index is -1.66.